The van der Waals surface area contributed by atoms with Crippen molar-refractivity contribution in [3.05, 3.63) is 41.9 Å². The number of aliphatic carboxylic acids is 1. The van der Waals surface area contributed by atoms with E-state index in [1.807, 2.05) is 26.0 Å². The predicted octanol–water partition coefficient (Wildman–Crippen LogP) is 4.01. The van der Waals surface area contributed by atoms with Gasteiger partial charge in [-0.1, -0.05) is 58.4 Å². The van der Waals surface area contributed by atoms with Crippen LogP contribution in [0.25, 0.3) is 11.3 Å². The molecule has 2 rings (SSSR count). The fraction of sp³-hybridized carbons (Fsp3) is 0.476. The number of nitrogens with one attached hydrogen (secondary N) is 1. The van der Waals surface area contributed by atoms with E-state index in [1.54, 1.807) is 6.20 Å². The monoisotopic (exact) mass is 372 g/mol. The standard InChI is InChI=1S/C21H28N2O4/c1-5-14(4)20(21(25)26)23-18(24)10-11-19-22-12-17(27-19)16-8-6-15(7-9-16)13(2)3/h6-9,12-14,20H,5,10-11H2,1-4H3,(H,23,24)(H,25,26). The number of carboxylic acid groups (broad SMARTS) is 1. The van der Waals surface area contributed by atoms with Crippen molar-refractivity contribution in [3.8, 4) is 11.3 Å². The first-order valence-electron chi connectivity index (χ1n) is 9.39. The average Bonchev–Trinajstić information content (AvgIpc) is 3.12. The molecule has 1 heterocycles. The highest BCUT2D eigenvalue weighted by atomic mass is 16.4. The quantitative estimate of drug-likeness (QED) is 0.694. The lowest BCUT2D eigenvalue weighted by molar-refractivity contribution is -0.143. The first kappa shape index (κ1) is 20.7. The molecular formula is C21H28N2O4. The van der Waals surface area contributed by atoms with E-state index in [4.69, 9.17) is 4.42 Å². The summed E-state index contributed by atoms with van der Waals surface area (Å²) in [5.74, 6) is 0.124. The zero-order valence-electron chi connectivity index (χ0n) is 16.4. The Labute approximate surface area is 160 Å². The number of rotatable bonds is 9. The number of hydrogen-bond acceptors (Lipinski definition) is 4. The van der Waals surface area contributed by atoms with Crippen molar-refractivity contribution in [1.29, 1.82) is 0 Å². The van der Waals surface area contributed by atoms with E-state index >= 15 is 0 Å². The number of hydrogen-bond donors (Lipinski definition) is 2. The highest BCUT2D eigenvalue weighted by molar-refractivity contribution is 5.83. The van der Waals surface area contributed by atoms with Crippen molar-refractivity contribution in [2.24, 2.45) is 5.92 Å². The molecule has 0 saturated heterocycles. The van der Waals surface area contributed by atoms with Gasteiger partial charge in [-0.15, -0.1) is 0 Å². The second-order valence-electron chi connectivity index (χ2n) is 7.16. The summed E-state index contributed by atoms with van der Waals surface area (Å²) in [6, 6.07) is 7.25. The van der Waals surface area contributed by atoms with E-state index in [9.17, 15) is 14.7 Å². The van der Waals surface area contributed by atoms with Crippen molar-refractivity contribution in [1.82, 2.24) is 10.3 Å². The summed E-state index contributed by atoms with van der Waals surface area (Å²) in [5.41, 5.74) is 2.19. The van der Waals surface area contributed by atoms with Gasteiger partial charge < -0.3 is 14.8 Å². The minimum Gasteiger partial charge on any atom is -0.480 e. The molecule has 6 nitrogen and oxygen atoms in total. The van der Waals surface area contributed by atoms with Gasteiger partial charge in [0.25, 0.3) is 0 Å². The lowest BCUT2D eigenvalue weighted by atomic mass is 9.99. The molecule has 0 bridgehead atoms. The predicted molar refractivity (Wildman–Crippen MR) is 103 cm³/mol. The van der Waals surface area contributed by atoms with Crippen molar-refractivity contribution < 1.29 is 19.1 Å². The van der Waals surface area contributed by atoms with Crippen molar-refractivity contribution in [2.75, 3.05) is 0 Å². The fourth-order valence-corrected chi connectivity index (χ4v) is 2.74. The molecule has 27 heavy (non-hydrogen) atoms. The third kappa shape index (κ3) is 5.67. The Morgan fingerprint density at radius 2 is 1.85 bits per heavy atom. The fourth-order valence-electron chi connectivity index (χ4n) is 2.74. The van der Waals surface area contributed by atoms with Gasteiger partial charge in [0.1, 0.15) is 6.04 Å². The molecule has 2 aromatic rings. The van der Waals surface area contributed by atoms with Crippen LogP contribution in [-0.2, 0) is 16.0 Å². The highest BCUT2D eigenvalue weighted by Crippen LogP contribution is 2.23. The Balaban J connectivity index is 1.93. The van der Waals surface area contributed by atoms with Crippen LogP contribution in [0.15, 0.2) is 34.9 Å². The molecule has 6 heteroatoms. The van der Waals surface area contributed by atoms with E-state index < -0.39 is 12.0 Å². The summed E-state index contributed by atoms with van der Waals surface area (Å²) in [6.07, 6.45) is 2.78. The maximum absolute atomic E-state index is 12.1. The maximum Gasteiger partial charge on any atom is 0.326 e. The summed E-state index contributed by atoms with van der Waals surface area (Å²) in [5, 5.41) is 11.8. The summed E-state index contributed by atoms with van der Waals surface area (Å²) >= 11 is 0. The Kier molecular flexibility index (Phi) is 7.16. The summed E-state index contributed by atoms with van der Waals surface area (Å²) < 4.78 is 5.73. The van der Waals surface area contributed by atoms with Crippen LogP contribution in [0.1, 0.15) is 57.9 Å². The topological polar surface area (TPSA) is 92.4 Å². The number of carbonyl (C=O) groups excluding carboxylic acids is 1. The first-order valence-corrected chi connectivity index (χ1v) is 9.39. The number of carboxylic acids is 1. The minimum atomic E-state index is -1.01. The number of carbonyl (C=O) groups is 2. The third-order valence-electron chi connectivity index (χ3n) is 4.78. The summed E-state index contributed by atoms with van der Waals surface area (Å²) in [6.45, 7) is 7.99. The van der Waals surface area contributed by atoms with Crippen LogP contribution in [0.3, 0.4) is 0 Å². The van der Waals surface area contributed by atoms with Crippen LogP contribution < -0.4 is 5.32 Å². The van der Waals surface area contributed by atoms with Crippen molar-refractivity contribution >= 4 is 11.9 Å². The molecule has 0 saturated carbocycles. The van der Waals surface area contributed by atoms with E-state index in [0.29, 0.717) is 30.4 Å². The van der Waals surface area contributed by atoms with Crippen LogP contribution in [0.2, 0.25) is 0 Å². The molecule has 0 radical (unpaired) electrons. The second-order valence-corrected chi connectivity index (χ2v) is 7.16. The van der Waals surface area contributed by atoms with E-state index in [-0.39, 0.29) is 18.2 Å². The molecule has 2 N–H and O–H groups in total. The zero-order chi connectivity index (χ0) is 20.0. The van der Waals surface area contributed by atoms with Gasteiger partial charge in [-0.25, -0.2) is 9.78 Å². The first-order chi connectivity index (χ1) is 12.8. The third-order valence-corrected chi connectivity index (χ3v) is 4.78. The van der Waals surface area contributed by atoms with E-state index in [0.717, 1.165) is 5.56 Å². The van der Waals surface area contributed by atoms with Crippen LogP contribution in [0.5, 0.6) is 0 Å². The Bertz CT molecular complexity index is 765. The molecule has 1 aromatic carbocycles. The van der Waals surface area contributed by atoms with Gasteiger partial charge in [0.05, 0.1) is 6.20 Å². The molecule has 0 aliphatic rings. The lowest BCUT2D eigenvalue weighted by Crippen LogP contribution is -2.45. The summed E-state index contributed by atoms with van der Waals surface area (Å²) in [7, 11) is 0. The SMILES string of the molecule is CCC(C)C(NC(=O)CCc1ncc(-c2ccc(C(C)C)cc2)o1)C(=O)O. The minimum absolute atomic E-state index is 0.131. The number of aryl methyl sites for hydroxylation is 1. The van der Waals surface area contributed by atoms with Gasteiger partial charge >= 0.3 is 5.97 Å². The number of aromatic nitrogens is 1. The number of oxazole rings is 1. The van der Waals surface area contributed by atoms with Gasteiger partial charge in [0.2, 0.25) is 5.91 Å². The molecule has 0 spiro atoms. The molecule has 1 amide bonds. The van der Waals surface area contributed by atoms with Gasteiger partial charge in [0, 0.05) is 18.4 Å². The van der Waals surface area contributed by atoms with Crippen LogP contribution >= 0.6 is 0 Å². The average molecular weight is 372 g/mol. The smallest absolute Gasteiger partial charge is 0.326 e. The van der Waals surface area contributed by atoms with Crippen LogP contribution in [0, 0.1) is 5.92 Å². The molecular weight excluding hydrogens is 344 g/mol. The molecule has 0 aliphatic carbocycles. The van der Waals surface area contributed by atoms with Gasteiger partial charge in [-0.05, 0) is 17.4 Å². The lowest BCUT2D eigenvalue weighted by Gasteiger charge is -2.19. The molecule has 2 atom stereocenters. The number of amides is 1. The molecule has 146 valence electrons. The highest BCUT2D eigenvalue weighted by Gasteiger charge is 2.25. The molecule has 0 fully saturated rings. The number of benzene rings is 1. The van der Waals surface area contributed by atoms with Crippen LogP contribution in [-0.4, -0.2) is 28.0 Å². The molecule has 2 unspecified atom stereocenters. The normalized spacial score (nSPS) is 13.4. The Hall–Kier alpha value is -2.63. The Morgan fingerprint density at radius 1 is 1.19 bits per heavy atom. The van der Waals surface area contributed by atoms with E-state index in [2.05, 4.69) is 36.3 Å². The maximum atomic E-state index is 12.1. The molecule has 1 aromatic heterocycles. The van der Waals surface area contributed by atoms with E-state index in [1.165, 1.54) is 5.56 Å². The van der Waals surface area contributed by atoms with Gasteiger partial charge in [0.15, 0.2) is 11.7 Å². The zero-order valence-corrected chi connectivity index (χ0v) is 16.4. The Morgan fingerprint density at radius 3 is 2.41 bits per heavy atom. The second kappa shape index (κ2) is 9.35. The largest absolute Gasteiger partial charge is 0.480 e. The number of nitrogens with zero attached hydrogens (tertiary/aromatic N) is 1. The van der Waals surface area contributed by atoms with Gasteiger partial charge in [-0.3, -0.25) is 4.79 Å². The van der Waals surface area contributed by atoms with Crippen molar-refractivity contribution in [2.45, 2.75) is 58.9 Å². The van der Waals surface area contributed by atoms with Crippen LogP contribution in [0.4, 0.5) is 0 Å². The molecule has 0 aliphatic heterocycles. The van der Waals surface area contributed by atoms with Crippen molar-refractivity contribution in [3.63, 3.8) is 0 Å². The summed E-state index contributed by atoms with van der Waals surface area (Å²) in [4.78, 5) is 27.6. The van der Waals surface area contributed by atoms with Gasteiger partial charge in [-0.2, -0.15) is 0 Å².